The summed E-state index contributed by atoms with van der Waals surface area (Å²) in [4.78, 5) is 0. The van der Waals surface area contributed by atoms with Crippen molar-refractivity contribution in [2.75, 3.05) is 5.75 Å². The van der Waals surface area contributed by atoms with Gasteiger partial charge in [-0.05, 0) is 6.92 Å². The minimum absolute atomic E-state index is 0.0336. The Labute approximate surface area is 64.3 Å². The lowest BCUT2D eigenvalue weighted by Gasteiger charge is -1.97. The molecule has 5 nitrogen and oxygen atoms in total. The second-order valence-electron chi connectivity index (χ2n) is 1.97. The number of hydrogen-bond acceptors (Lipinski definition) is 4. The molecular formula is C5H8N2O3S. The summed E-state index contributed by atoms with van der Waals surface area (Å²) in [7, 11) is -3.33. The van der Waals surface area contributed by atoms with Crippen molar-refractivity contribution >= 4 is 10.0 Å². The fourth-order valence-corrected chi connectivity index (χ4v) is 1.30. The van der Waals surface area contributed by atoms with Crippen molar-refractivity contribution in [2.45, 2.75) is 6.92 Å². The normalized spacial score (nSPS) is 11.7. The third kappa shape index (κ3) is 1.51. The number of rotatable bonds is 2. The van der Waals surface area contributed by atoms with E-state index in [0.717, 1.165) is 16.5 Å². The lowest BCUT2D eigenvalue weighted by atomic mass is 10.7. The fourth-order valence-electron chi connectivity index (χ4n) is 0.580. The quantitative estimate of drug-likeness (QED) is 0.676. The molecule has 0 fully saturated rings. The Morgan fingerprint density at radius 1 is 1.73 bits per heavy atom. The van der Waals surface area contributed by atoms with Crippen molar-refractivity contribution < 1.29 is 13.5 Å². The molecule has 0 aliphatic rings. The highest BCUT2D eigenvalue weighted by Crippen LogP contribution is 2.06. The van der Waals surface area contributed by atoms with Crippen LogP contribution in [0.3, 0.4) is 0 Å². The van der Waals surface area contributed by atoms with Gasteiger partial charge in [-0.1, -0.05) is 0 Å². The first-order chi connectivity index (χ1) is 5.06. The van der Waals surface area contributed by atoms with Gasteiger partial charge in [-0.15, -0.1) is 0 Å². The topological polar surface area (TPSA) is 72.2 Å². The van der Waals surface area contributed by atoms with Gasteiger partial charge in [0.25, 0.3) is 10.0 Å². The van der Waals surface area contributed by atoms with E-state index in [2.05, 4.69) is 5.10 Å². The van der Waals surface area contributed by atoms with E-state index in [1.165, 1.54) is 6.92 Å². The SMILES string of the molecule is CCS(=O)(=O)n1cc(O)cn1. The van der Waals surface area contributed by atoms with Crippen LogP contribution in [-0.2, 0) is 10.0 Å². The maximum absolute atomic E-state index is 11.0. The van der Waals surface area contributed by atoms with Crippen LogP contribution in [0.25, 0.3) is 0 Å². The zero-order valence-electron chi connectivity index (χ0n) is 5.93. The molecule has 0 aromatic carbocycles. The third-order valence-electron chi connectivity index (χ3n) is 1.20. The zero-order valence-corrected chi connectivity index (χ0v) is 6.74. The summed E-state index contributed by atoms with van der Waals surface area (Å²) in [5.41, 5.74) is 0. The van der Waals surface area contributed by atoms with Crippen LogP contribution in [0.4, 0.5) is 0 Å². The van der Waals surface area contributed by atoms with Crippen molar-refractivity contribution in [2.24, 2.45) is 0 Å². The van der Waals surface area contributed by atoms with Crippen LogP contribution in [-0.4, -0.2) is 28.5 Å². The van der Waals surface area contributed by atoms with E-state index in [9.17, 15) is 8.42 Å². The van der Waals surface area contributed by atoms with E-state index in [4.69, 9.17) is 5.11 Å². The minimum Gasteiger partial charge on any atom is -0.505 e. The summed E-state index contributed by atoms with van der Waals surface area (Å²) in [6.07, 6.45) is 2.13. The van der Waals surface area contributed by atoms with Gasteiger partial charge in [-0.2, -0.15) is 9.19 Å². The Morgan fingerprint density at radius 2 is 2.36 bits per heavy atom. The van der Waals surface area contributed by atoms with Crippen molar-refractivity contribution in [1.82, 2.24) is 9.19 Å². The Kier molecular flexibility index (Phi) is 1.86. The molecule has 6 heteroatoms. The average Bonchev–Trinajstić information content (AvgIpc) is 2.36. The molecule has 0 amide bonds. The summed E-state index contributed by atoms with van der Waals surface area (Å²) >= 11 is 0. The lowest BCUT2D eigenvalue weighted by molar-refractivity contribution is 0.475. The van der Waals surface area contributed by atoms with Crippen LogP contribution in [0.1, 0.15) is 6.92 Å². The fraction of sp³-hybridized carbons (Fsp3) is 0.400. The Morgan fingerprint density at radius 3 is 2.73 bits per heavy atom. The maximum Gasteiger partial charge on any atom is 0.253 e. The number of aromatic hydroxyl groups is 1. The molecule has 1 rings (SSSR count). The van der Waals surface area contributed by atoms with Gasteiger partial charge >= 0.3 is 0 Å². The standard InChI is InChI=1S/C5H8N2O3S/c1-2-11(9,10)7-4-5(8)3-6-7/h3-4,8H,2H2,1H3. The summed E-state index contributed by atoms with van der Waals surface area (Å²) in [5, 5.41) is 12.2. The van der Waals surface area contributed by atoms with Gasteiger partial charge in [0.05, 0.1) is 18.1 Å². The van der Waals surface area contributed by atoms with Gasteiger partial charge in [0.1, 0.15) is 0 Å². The molecule has 0 spiro atoms. The van der Waals surface area contributed by atoms with E-state index in [1.807, 2.05) is 0 Å². The first-order valence-corrected chi connectivity index (χ1v) is 4.64. The van der Waals surface area contributed by atoms with Gasteiger partial charge in [0, 0.05) is 0 Å². The molecule has 0 unspecified atom stereocenters. The molecule has 0 aliphatic carbocycles. The first-order valence-electron chi connectivity index (χ1n) is 3.03. The van der Waals surface area contributed by atoms with Crippen LogP contribution in [0.15, 0.2) is 12.4 Å². The maximum atomic E-state index is 11.0. The molecule has 0 atom stereocenters. The second kappa shape index (κ2) is 2.54. The Bertz CT molecular complexity index is 340. The van der Waals surface area contributed by atoms with Crippen molar-refractivity contribution in [3.63, 3.8) is 0 Å². The molecule has 0 bridgehead atoms. The van der Waals surface area contributed by atoms with Crippen LogP contribution < -0.4 is 0 Å². The minimum atomic E-state index is -3.33. The van der Waals surface area contributed by atoms with Gasteiger partial charge in [-0.25, -0.2) is 8.42 Å². The van der Waals surface area contributed by atoms with E-state index in [0.29, 0.717) is 0 Å². The molecule has 62 valence electrons. The predicted molar refractivity (Wildman–Crippen MR) is 38.8 cm³/mol. The first kappa shape index (κ1) is 8.06. The van der Waals surface area contributed by atoms with Crippen molar-refractivity contribution in [3.05, 3.63) is 12.4 Å². The lowest BCUT2D eigenvalue weighted by Crippen LogP contribution is -2.14. The van der Waals surface area contributed by atoms with Crippen LogP contribution in [0.2, 0.25) is 0 Å². The highest BCUT2D eigenvalue weighted by Gasteiger charge is 2.10. The van der Waals surface area contributed by atoms with Crippen molar-refractivity contribution in [3.8, 4) is 5.75 Å². The van der Waals surface area contributed by atoms with Gasteiger partial charge < -0.3 is 5.11 Å². The highest BCUT2D eigenvalue weighted by atomic mass is 32.2. The molecule has 0 saturated heterocycles. The Balaban J connectivity index is 3.13. The number of nitrogens with zero attached hydrogens (tertiary/aromatic N) is 2. The molecule has 1 N–H and O–H groups in total. The largest absolute Gasteiger partial charge is 0.505 e. The summed E-state index contributed by atoms with van der Waals surface area (Å²) < 4.78 is 22.8. The second-order valence-corrected chi connectivity index (χ2v) is 4.09. The highest BCUT2D eigenvalue weighted by molar-refractivity contribution is 7.89. The molecule has 1 heterocycles. The molecule has 1 aromatic rings. The molecule has 1 aromatic heterocycles. The smallest absolute Gasteiger partial charge is 0.253 e. The third-order valence-corrected chi connectivity index (χ3v) is 2.70. The summed E-state index contributed by atoms with van der Waals surface area (Å²) in [5.74, 6) is -0.185. The monoisotopic (exact) mass is 176 g/mol. The molecule has 0 saturated carbocycles. The van der Waals surface area contributed by atoms with Gasteiger partial charge in [0.2, 0.25) is 0 Å². The number of aromatic nitrogens is 2. The average molecular weight is 176 g/mol. The van der Waals surface area contributed by atoms with E-state index in [1.54, 1.807) is 0 Å². The summed E-state index contributed by atoms with van der Waals surface area (Å²) in [6, 6.07) is 0. The number of hydrogen-bond donors (Lipinski definition) is 1. The van der Waals surface area contributed by atoms with Gasteiger partial charge in [-0.3, -0.25) is 0 Å². The molecular weight excluding hydrogens is 168 g/mol. The Hall–Kier alpha value is -1.04. The molecule has 0 aliphatic heterocycles. The van der Waals surface area contributed by atoms with Crippen LogP contribution >= 0.6 is 0 Å². The zero-order chi connectivity index (χ0) is 8.48. The molecule has 11 heavy (non-hydrogen) atoms. The van der Waals surface area contributed by atoms with E-state index < -0.39 is 10.0 Å². The van der Waals surface area contributed by atoms with Gasteiger partial charge in [0.15, 0.2) is 5.75 Å². The van der Waals surface area contributed by atoms with E-state index in [-0.39, 0.29) is 11.5 Å². The molecule has 0 radical (unpaired) electrons. The predicted octanol–water partition coefficient (Wildman–Crippen LogP) is -0.213. The van der Waals surface area contributed by atoms with Crippen LogP contribution in [0.5, 0.6) is 5.75 Å². The van der Waals surface area contributed by atoms with Crippen LogP contribution in [0, 0.1) is 0 Å². The van der Waals surface area contributed by atoms with Crippen molar-refractivity contribution in [1.29, 1.82) is 0 Å². The summed E-state index contributed by atoms with van der Waals surface area (Å²) in [6.45, 7) is 1.51. The van der Waals surface area contributed by atoms with E-state index >= 15 is 0 Å².